The molecule has 26 heavy (non-hydrogen) atoms. The van der Waals surface area contributed by atoms with Crippen molar-refractivity contribution >= 4 is 29.2 Å². The maximum Gasteiger partial charge on any atom is 0.150 e. The number of benzene rings is 2. The highest BCUT2D eigenvalue weighted by atomic mass is 32.2. The number of ether oxygens (including phenoxy) is 1. The third-order valence-electron chi connectivity index (χ3n) is 4.40. The monoisotopic (exact) mass is 381 g/mol. The minimum absolute atomic E-state index is 0.0903. The maximum absolute atomic E-state index is 14.3. The largest absolute Gasteiger partial charge is 0.376 e. The Balaban J connectivity index is 1.61. The molecule has 2 aromatic rings. The number of morpholine rings is 1. The van der Waals surface area contributed by atoms with Crippen LogP contribution in [0.3, 0.4) is 0 Å². The van der Waals surface area contributed by atoms with Gasteiger partial charge in [-0.25, -0.2) is 13.2 Å². The second-order valence-corrected chi connectivity index (χ2v) is 7.14. The van der Waals surface area contributed by atoms with Gasteiger partial charge >= 0.3 is 0 Å². The number of anilines is 3. The summed E-state index contributed by atoms with van der Waals surface area (Å²) in [5, 5.41) is 3.28. The van der Waals surface area contributed by atoms with Crippen molar-refractivity contribution in [1.29, 1.82) is 0 Å². The van der Waals surface area contributed by atoms with E-state index < -0.39 is 17.5 Å². The fraction of sp³-hybridized carbons (Fsp3) is 0.333. The van der Waals surface area contributed by atoms with Gasteiger partial charge in [-0.3, -0.25) is 8.61 Å². The molecular formula is C18H18F3N3OS. The summed E-state index contributed by atoms with van der Waals surface area (Å²) in [5.74, 6) is -1.82. The Kier molecular flexibility index (Phi) is 4.97. The lowest BCUT2D eigenvalue weighted by Gasteiger charge is -2.26. The molecule has 2 aliphatic heterocycles. The number of halogens is 3. The third kappa shape index (κ3) is 3.36. The summed E-state index contributed by atoms with van der Waals surface area (Å²) >= 11 is 1.16. The predicted octanol–water partition coefficient (Wildman–Crippen LogP) is 4.00. The van der Waals surface area contributed by atoms with Gasteiger partial charge in [0.2, 0.25) is 0 Å². The van der Waals surface area contributed by atoms with Crippen LogP contribution in [0.2, 0.25) is 0 Å². The second-order valence-electron chi connectivity index (χ2n) is 6.17. The van der Waals surface area contributed by atoms with Gasteiger partial charge < -0.3 is 10.1 Å². The quantitative estimate of drug-likeness (QED) is 0.808. The first kappa shape index (κ1) is 17.5. The molecule has 0 bridgehead atoms. The van der Waals surface area contributed by atoms with Crippen molar-refractivity contribution in [3.05, 3.63) is 53.8 Å². The lowest BCUT2D eigenvalue weighted by molar-refractivity contribution is 0.0254. The summed E-state index contributed by atoms with van der Waals surface area (Å²) in [6.07, 6.45) is 0.845. The number of nitrogens with one attached hydrogen (secondary N) is 1. The molecule has 1 atom stereocenters. The lowest BCUT2D eigenvalue weighted by Crippen LogP contribution is -2.39. The first-order chi connectivity index (χ1) is 12.6. The Hall–Kier alpha value is -1.90. The molecule has 0 unspecified atom stereocenters. The van der Waals surface area contributed by atoms with Gasteiger partial charge in [-0.2, -0.15) is 0 Å². The molecule has 0 spiro atoms. The van der Waals surface area contributed by atoms with E-state index in [1.54, 1.807) is 6.07 Å². The first-order valence-corrected chi connectivity index (χ1v) is 9.18. The van der Waals surface area contributed by atoms with Gasteiger partial charge in [0.25, 0.3) is 0 Å². The second kappa shape index (κ2) is 7.38. The molecule has 8 heteroatoms. The molecule has 0 saturated carbocycles. The normalized spacial score (nSPS) is 19.7. The summed E-state index contributed by atoms with van der Waals surface area (Å²) in [6, 6.07) is 7.99. The topological polar surface area (TPSA) is 27.7 Å². The van der Waals surface area contributed by atoms with Gasteiger partial charge in [0.1, 0.15) is 11.5 Å². The zero-order chi connectivity index (χ0) is 18.1. The Morgan fingerprint density at radius 1 is 1.12 bits per heavy atom. The van der Waals surface area contributed by atoms with Gasteiger partial charge in [0, 0.05) is 25.7 Å². The molecule has 0 radical (unpaired) electrons. The Labute approximate surface area is 154 Å². The van der Waals surface area contributed by atoms with Crippen LogP contribution in [-0.2, 0) is 4.74 Å². The van der Waals surface area contributed by atoms with Crippen LogP contribution in [0.15, 0.2) is 36.4 Å². The number of rotatable bonds is 4. The molecule has 2 aromatic carbocycles. The van der Waals surface area contributed by atoms with E-state index in [1.807, 2.05) is 4.31 Å². The van der Waals surface area contributed by atoms with Gasteiger partial charge in [0.05, 0.1) is 36.2 Å². The fourth-order valence-electron chi connectivity index (χ4n) is 3.13. The molecule has 2 aliphatic rings. The van der Waals surface area contributed by atoms with Crippen molar-refractivity contribution in [3.63, 3.8) is 0 Å². The van der Waals surface area contributed by atoms with Gasteiger partial charge in [0.15, 0.2) is 11.6 Å². The van der Waals surface area contributed by atoms with E-state index in [0.717, 1.165) is 37.3 Å². The van der Waals surface area contributed by atoms with Crippen LogP contribution < -0.4 is 13.9 Å². The van der Waals surface area contributed by atoms with Crippen LogP contribution >= 0.6 is 12.1 Å². The van der Waals surface area contributed by atoms with E-state index in [4.69, 9.17) is 4.74 Å². The fourth-order valence-corrected chi connectivity index (χ4v) is 4.25. The molecular weight excluding hydrogens is 363 g/mol. The highest BCUT2D eigenvalue weighted by Crippen LogP contribution is 2.50. The van der Waals surface area contributed by atoms with Crippen molar-refractivity contribution in [1.82, 2.24) is 5.32 Å². The van der Waals surface area contributed by atoms with Crippen LogP contribution in [0, 0.1) is 17.5 Å². The minimum atomic E-state index is -0.686. The summed E-state index contributed by atoms with van der Waals surface area (Å²) < 4.78 is 51.3. The third-order valence-corrected chi connectivity index (χ3v) is 5.52. The Morgan fingerprint density at radius 3 is 2.65 bits per heavy atom. The summed E-state index contributed by atoms with van der Waals surface area (Å²) in [6.45, 7) is 2.91. The highest BCUT2D eigenvalue weighted by molar-refractivity contribution is 8.02. The molecule has 0 aromatic heterocycles. The summed E-state index contributed by atoms with van der Waals surface area (Å²) in [5.41, 5.74) is 0.965. The average molecular weight is 381 g/mol. The lowest BCUT2D eigenvalue weighted by atomic mass is 10.2. The Morgan fingerprint density at radius 2 is 1.92 bits per heavy atom. The van der Waals surface area contributed by atoms with Crippen molar-refractivity contribution in [2.75, 3.05) is 34.9 Å². The number of para-hydroxylation sites is 1. The van der Waals surface area contributed by atoms with E-state index in [9.17, 15) is 13.2 Å². The van der Waals surface area contributed by atoms with Crippen molar-refractivity contribution in [2.24, 2.45) is 0 Å². The smallest absolute Gasteiger partial charge is 0.150 e. The zero-order valence-corrected chi connectivity index (χ0v) is 14.7. The van der Waals surface area contributed by atoms with Crippen LogP contribution in [0.25, 0.3) is 0 Å². The molecule has 1 N–H and O–H groups in total. The Bertz CT molecular complexity index is 781. The maximum atomic E-state index is 14.3. The van der Waals surface area contributed by atoms with Gasteiger partial charge in [-0.05, 0) is 30.7 Å². The number of hydrogen-bond acceptors (Lipinski definition) is 5. The van der Waals surface area contributed by atoms with Crippen LogP contribution in [0.1, 0.15) is 6.42 Å². The molecule has 4 nitrogen and oxygen atoms in total. The predicted molar refractivity (Wildman–Crippen MR) is 97.1 cm³/mol. The SMILES string of the molecule is Fc1ccc2c(c1)N(c1c(F)cccc1F)SN2CC[C@@H]1CNCCO1. The number of hydrogen-bond donors (Lipinski definition) is 1. The molecule has 2 heterocycles. The highest BCUT2D eigenvalue weighted by Gasteiger charge is 2.33. The van der Waals surface area contributed by atoms with Crippen molar-refractivity contribution in [2.45, 2.75) is 12.5 Å². The van der Waals surface area contributed by atoms with Gasteiger partial charge in [-0.15, -0.1) is 0 Å². The molecule has 0 aliphatic carbocycles. The van der Waals surface area contributed by atoms with Crippen molar-refractivity contribution < 1.29 is 17.9 Å². The summed E-state index contributed by atoms with van der Waals surface area (Å²) in [4.78, 5) is 0. The van der Waals surface area contributed by atoms with E-state index >= 15 is 0 Å². The van der Waals surface area contributed by atoms with Crippen LogP contribution in [0.5, 0.6) is 0 Å². The molecule has 138 valence electrons. The molecule has 1 saturated heterocycles. The number of fused-ring (bicyclic) bond motifs is 1. The van der Waals surface area contributed by atoms with Crippen molar-refractivity contribution in [3.8, 4) is 0 Å². The van der Waals surface area contributed by atoms with E-state index in [2.05, 4.69) is 5.32 Å². The van der Waals surface area contributed by atoms with Gasteiger partial charge in [-0.1, -0.05) is 6.07 Å². The minimum Gasteiger partial charge on any atom is -0.376 e. The number of nitrogens with zero attached hydrogens (tertiary/aromatic N) is 2. The first-order valence-electron chi connectivity index (χ1n) is 8.45. The van der Waals surface area contributed by atoms with Crippen LogP contribution in [0.4, 0.5) is 30.2 Å². The molecule has 0 amide bonds. The molecule has 1 fully saturated rings. The van der Waals surface area contributed by atoms with E-state index in [-0.39, 0.29) is 11.8 Å². The van der Waals surface area contributed by atoms with E-state index in [0.29, 0.717) is 18.8 Å². The average Bonchev–Trinajstić information content (AvgIpc) is 2.98. The summed E-state index contributed by atoms with van der Waals surface area (Å²) in [7, 11) is 0. The molecule has 4 rings (SSSR count). The standard InChI is InChI=1S/C18H18F3N3OS/c19-12-4-5-16-17(10-12)24(18-14(20)2-1-3-15(18)21)26-23(16)8-6-13-11-22-7-9-25-13/h1-5,10,13,22H,6-9,11H2/t13-/m1/s1. The van der Waals surface area contributed by atoms with Crippen LogP contribution in [-0.4, -0.2) is 32.3 Å². The van der Waals surface area contributed by atoms with E-state index in [1.165, 1.54) is 34.6 Å². The zero-order valence-electron chi connectivity index (χ0n) is 13.9.